The maximum atomic E-state index is 14.9. The summed E-state index contributed by atoms with van der Waals surface area (Å²) < 4.78 is 5.74. The average Bonchev–Trinajstić information content (AvgIpc) is 3.94. The minimum absolute atomic E-state index is 0.0520. The van der Waals surface area contributed by atoms with Gasteiger partial charge in [-0.05, 0) is 91.6 Å². The molecule has 0 aromatic heterocycles. The van der Waals surface area contributed by atoms with Gasteiger partial charge in [0.05, 0.1) is 24.2 Å². The van der Waals surface area contributed by atoms with Crippen molar-refractivity contribution in [3.05, 3.63) is 137 Å². The fourth-order valence-corrected chi connectivity index (χ4v) is 6.81. The Hall–Kier alpha value is -5.50. The maximum Gasteiger partial charge on any atom is 0.410 e. The molecule has 0 atom stereocenters. The fraction of sp³-hybridized carbons (Fsp3) is 0.286. The highest BCUT2D eigenvalue weighted by molar-refractivity contribution is 6.21. The standard InChI is InChI=1S/C42H41N3O5/c1-42(2,3)50-41(49)43-23-22-34(30-17-11-16-29(24-30)28-12-5-4-6-13-28)37(27-43)40(48)44(33-20-21-33)25-31-14-7-8-15-32(31)26-45-38(46)35-18-9-10-19-36(35)39(45)47/h4-19,24,33H,20-23,25-27H2,1-3H3. The summed E-state index contributed by atoms with van der Waals surface area (Å²) >= 11 is 0. The number of amides is 4. The van der Waals surface area contributed by atoms with Crippen molar-refractivity contribution in [2.45, 2.75) is 64.8 Å². The highest BCUT2D eigenvalue weighted by Crippen LogP contribution is 2.36. The maximum absolute atomic E-state index is 14.9. The van der Waals surface area contributed by atoms with Crippen LogP contribution in [0.1, 0.15) is 77.4 Å². The molecule has 4 aromatic carbocycles. The second-order valence-electron chi connectivity index (χ2n) is 14.2. The first-order chi connectivity index (χ1) is 24.1. The highest BCUT2D eigenvalue weighted by atomic mass is 16.6. The van der Waals surface area contributed by atoms with Crippen molar-refractivity contribution < 1.29 is 23.9 Å². The van der Waals surface area contributed by atoms with Gasteiger partial charge in [0.15, 0.2) is 0 Å². The van der Waals surface area contributed by atoms with Gasteiger partial charge in [-0.25, -0.2) is 4.79 Å². The molecule has 1 aliphatic carbocycles. The third-order valence-electron chi connectivity index (χ3n) is 9.49. The molecule has 2 aliphatic heterocycles. The van der Waals surface area contributed by atoms with Crippen LogP contribution in [0.4, 0.5) is 4.79 Å². The van der Waals surface area contributed by atoms with Crippen LogP contribution in [0.3, 0.4) is 0 Å². The molecule has 0 bridgehead atoms. The average molecular weight is 668 g/mol. The Kier molecular flexibility index (Phi) is 8.87. The van der Waals surface area contributed by atoms with Crippen LogP contribution in [0.5, 0.6) is 0 Å². The van der Waals surface area contributed by atoms with Crippen LogP contribution >= 0.6 is 0 Å². The molecule has 8 heteroatoms. The third kappa shape index (κ3) is 6.83. The van der Waals surface area contributed by atoms with E-state index in [4.69, 9.17) is 4.74 Å². The van der Waals surface area contributed by atoms with E-state index in [-0.39, 0.29) is 36.9 Å². The van der Waals surface area contributed by atoms with Crippen molar-refractivity contribution in [1.82, 2.24) is 14.7 Å². The van der Waals surface area contributed by atoms with Gasteiger partial charge in [-0.2, -0.15) is 0 Å². The van der Waals surface area contributed by atoms with Crippen LogP contribution < -0.4 is 0 Å². The summed E-state index contributed by atoms with van der Waals surface area (Å²) in [6.45, 7) is 6.52. The number of ether oxygens (including phenoxy) is 1. The summed E-state index contributed by atoms with van der Waals surface area (Å²) in [5, 5.41) is 0. The van der Waals surface area contributed by atoms with E-state index in [1.807, 2.05) is 80.3 Å². The summed E-state index contributed by atoms with van der Waals surface area (Å²) in [7, 11) is 0. The van der Waals surface area contributed by atoms with E-state index in [9.17, 15) is 19.2 Å². The van der Waals surface area contributed by atoms with Crippen LogP contribution in [0.2, 0.25) is 0 Å². The number of hydrogen-bond acceptors (Lipinski definition) is 5. The van der Waals surface area contributed by atoms with Crippen molar-refractivity contribution in [3.63, 3.8) is 0 Å². The van der Waals surface area contributed by atoms with Crippen LogP contribution in [0.25, 0.3) is 16.7 Å². The Morgan fingerprint density at radius 2 is 1.36 bits per heavy atom. The molecule has 4 aromatic rings. The number of benzene rings is 4. The minimum Gasteiger partial charge on any atom is -0.444 e. The lowest BCUT2D eigenvalue weighted by atomic mass is 9.90. The normalized spacial score (nSPS) is 16.1. The van der Waals surface area contributed by atoms with Gasteiger partial charge in [-0.1, -0.05) is 84.9 Å². The van der Waals surface area contributed by atoms with Gasteiger partial charge in [-0.15, -0.1) is 0 Å². The largest absolute Gasteiger partial charge is 0.444 e. The van der Waals surface area contributed by atoms with Crippen LogP contribution in [-0.4, -0.2) is 63.2 Å². The van der Waals surface area contributed by atoms with E-state index in [2.05, 4.69) is 24.3 Å². The van der Waals surface area contributed by atoms with Gasteiger partial charge >= 0.3 is 6.09 Å². The van der Waals surface area contributed by atoms with E-state index in [1.165, 1.54) is 4.90 Å². The van der Waals surface area contributed by atoms with E-state index in [1.54, 1.807) is 29.2 Å². The van der Waals surface area contributed by atoms with Crippen LogP contribution in [-0.2, 0) is 22.6 Å². The number of nitrogens with zero attached hydrogens (tertiary/aromatic N) is 3. The molecule has 0 N–H and O–H groups in total. The Balaban J connectivity index is 1.22. The molecule has 7 rings (SSSR count). The first-order valence-corrected chi connectivity index (χ1v) is 17.3. The second kappa shape index (κ2) is 13.4. The topological polar surface area (TPSA) is 87.2 Å². The zero-order chi connectivity index (χ0) is 35.0. The fourth-order valence-electron chi connectivity index (χ4n) is 6.81. The Morgan fingerprint density at radius 1 is 0.760 bits per heavy atom. The number of carbonyl (C=O) groups is 4. The lowest BCUT2D eigenvalue weighted by molar-refractivity contribution is -0.128. The van der Waals surface area contributed by atoms with Gasteiger partial charge in [0.2, 0.25) is 0 Å². The van der Waals surface area contributed by atoms with E-state index in [0.717, 1.165) is 46.2 Å². The Bertz CT molecular complexity index is 1970. The summed E-state index contributed by atoms with van der Waals surface area (Å²) in [5.74, 6) is -0.739. The number of carbonyl (C=O) groups excluding carboxylic acids is 4. The summed E-state index contributed by atoms with van der Waals surface area (Å²) in [6, 6.07) is 33.0. The number of fused-ring (bicyclic) bond motifs is 1. The van der Waals surface area contributed by atoms with Gasteiger partial charge in [0.25, 0.3) is 17.7 Å². The van der Waals surface area contributed by atoms with E-state index >= 15 is 0 Å². The molecule has 0 radical (unpaired) electrons. The molecule has 3 aliphatic rings. The van der Waals surface area contributed by atoms with Crippen LogP contribution in [0.15, 0.2) is 109 Å². The molecule has 1 fully saturated rings. The van der Waals surface area contributed by atoms with Crippen molar-refractivity contribution in [1.29, 1.82) is 0 Å². The van der Waals surface area contributed by atoms with E-state index < -0.39 is 11.7 Å². The summed E-state index contributed by atoms with van der Waals surface area (Å²) in [6.07, 6.45) is 1.83. The molecule has 0 spiro atoms. The van der Waals surface area contributed by atoms with Crippen molar-refractivity contribution >= 4 is 29.4 Å². The molecule has 2 heterocycles. The van der Waals surface area contributed by atoms with Crippen LogP contribution in [0, 0.1) is 0 Å². The first-order valence-electron chi connectivity index (χ1n) is 17.3. The number of rotatable bonds is 8. The summed E-state index contributed by atoms with van der Waals surface area (Å²) in [4.78, 5) is 59.5. The smallest absolute Gasteiger partial charge is 0.410 e. The quantitative estimate of drug-likeness (QED) is 0.180. The second-order valence-corrected chi connectivity index (χ2v) is 14.2. The zero-order valence-electron chi connectivity index (χ0n) is 28.7. The number of hydrogen-bond donors (Lipinski definition) is 0. The summed E-state index contributed by atoms with van der Waals surface area (Å²) in [5.41, 5.74) is 6.44. The molecule has 4 amide bonds. The van der Waals surface area contributed by atoms with Crippen molar-refractivity contribution in [2.75, 3.05) is 13.1 Å². The minimum atomic E-state index is -0.668. The predicted octanol–water partition coefficient (Wildman–Crippen LogP) is 7.74. The SMILES string of the molecule is CC(C)(C)OC(=O)N1CCC(c2cccc(-c3ccccc3)c2)=C(C(=O)N(Cc2ccccc2CN2C(=O)c3ccccc3C2=O)C2CC2)C1. The molecule has 1 saturated carbocycles. The lowest BCUT2D eigenvalue weighted by Crippen LogP contribution is -2.44. The van der Waals surface area contributed by atoms with Gasteiger partial charge in [0.1, 0.15) is 5.60 Å². The number of imide groups is 1. The molecule has 50 heavy (non-hydrogen) atoms. The lowest BCUT2D eigenvalue weighted by Gasteiger charge is -2.34. The molecule has 0 saturated heterocycles. The Morgan fingerprint density at radius 3 is 2.02 bits per heavy atom. The highest BCUT2D eigenvalue weighted by Gasteiger charge is 2.39. The molecular weight excluding hydrogens is 626 g/mol. The molecule has 0 unspecified atom stereocenters. The predicted molar refractivity (Wildman–Crippen MR) is 192 cm³/mol. The van der Waals surface area contributed by atoms with Gasteiger partial charge < -0.3 is 14.5 Å². The first kappa shape index (κ1) is 33.0. The molecular formula is C42H41N3O5. The van der Waals surface area contributed by atoms with Crippen molar-refractivity contribution in [3.8, 4) is 11.1 Å². The monoisotopic (exact) mass is 667 g/mol. The Labute approximate surface area is 293 Å². The third-order valence-corrected chi connectivity index (χ3v) is 9.49. The molecule has 254 valence electrons. The van der Waals surface area contributed by atoms with E-state index in [0.29, 0.717) is 36.2 Å². The van der Waals surface area contributed by atoms with Gasteiger partial charge in [-0.3, -0.25) is 19.3 Å². The van der Waals surface area contributed by atoms with Gasteiger partial charge in [0, 0.05) is 24.7 Å². The van der Waals surface area contributed by atoms with Crippen molar-refractivity contribution in [2.24, 2.45) is 0 Å². The zero-order valence-corrected chi connectivity index (χ0v) is 28.7. The molecule has 8 nitrogen and oxygen atoms in total.